The van der Waals surface area contributed by atoms with Crippen LogP contribution < -0.4 is 5.43 Å². The van der Waals surface area contributed by atoms with Gasteiger partial charge in [0.05, 0.1) is 17.3 Å². The molecule has 0 radical (unpaired) electrons. The molecule has 1 aromatic heterocycles. The molecule has 3 aromatic rings. The second-order valence-corrected chi connectivity index (χ2v) is 6.05. The van der Waals surface area contributed by atoms with Crippen molar-refractivity contribution in [3.63, 3.8) is 0 Å². The predicted octanol–water partition coefficient (Wildman–Crippen LogP) is 3.70. The van der Waals surface area contributed by atoms with E-state index in [1.807, 2.05) is 0 Å². The molecule has 0 spiro atoms. The average Bonchev–Trinajstić information content (AvgIpc) is 3.02. The van der Waals surface area contributed by atoms with Gasteiger partial charge >= 0.3 is 12.3 Å². The van der Waals surface area contributed by atoms with Crippen LogP contribution in [-0.4, -0.2) is 28.2 Å². The van der Waals surface area contributed by atoms with Gasteiger partial charge in [0, 0.05) is 18.0 Å². The second kappa shape index (κ2) is 6.11. The molecule has 0 atom stereocenters. The van der Waals surface area contributed by atoms with Gasteiger partial charge in [0.1, 0.15) is 12.3 Å². The summed E-state index contributed by atoms with van der Waals surface area (Å²) in [7, 11) is 1.73. The lowest BCUT2D eigenvalue weighted by Crippen LogP contribution is -2.30. The molecule has 2 aromatic carbocycles. The van der Waals surface area contributed by atoms with Gasteiger partial charge in [-0.3, -0.25) is 4.68 Å². The van der Waals surface area contributed by atoms with Crippen molar-refractivity contribution in [2.45, 2.75) is 6.18 Å². The maximum absolute atomic E-state index is 13.7. The van der Waals surface area contributed by atoms with Gasteiger partial charge in [-0.15, -0.1) is 0 Å². The molecule has 2 heterocycles. The molecule has 1 N–H and O–H groups in total. The Kier molecular flexibility index (Phi) is 3.87. The van der Waals surface area contributed by atoms with E-state index in [-0.39, 0.29) is 23.4 Å². The van der Waals surface area contributed by atoms with Crippen molar-refractivity contribution in [3.05, 3.63) is 53.7 Å². The lowest BCUT2D eigenvalue weighted by Gasteiger charge is -2.17. The summed E-state index contributed by atoms with van der Waals surface area (Å²) < 4.78 is 47.5. The van der Waals surface area contributed by atoms with Crippen molar-refractivity contribution in [2.75, 3.05) is 6.61 Å². The number of nitrogens with one attached hydrogen (secondary N) is 1. The summed E-state index contributed by atoms with van der Waals surface area (Å²) >= 11 is 0. The number of hydrogen-bond acceptors (Lipinski definition) is 4. The number of aryl methyl sites for hydroxylation is 1. The van der Waals surface area contributed by atoms with Gasteiger partial charge < -0.3 is 4.74 Å². The Hall–Kier alpha value is -3.36. The molecule has 1 amide bonds. The van der Waals surface area contributed by atoms with Crippen molar-refractivity contribution in [1.82, 2.24) is 15.2 Å². The zero-order chi connectivity index (χ0) is 19.2. The number of ether oxygens (including phenoxy) is 1. The number of amides is 1. The first kappa shape index (κ1) is 17.1. The quantitative estimate of drug-likeness (QED) is 0.744. The van der Waals surface area contributed by atoms with Crippen LogP contribution in [0.25, 0.3) is 22.0 Å². The van der Waals surface area contributed by atoms with Crippen LogP contribution in [0.4, 0.5) is 18.0 Å². The van der Waals surface area contributed by atoms with Crippen LogP contribution in [0.15, 0.2) is 47.7 Å². The number of hydrazone groups is 1. The summed E-state index contributed by atoms with van der Waals surface area (Å²) in [5.74, 6) is 0. The summed E-state index contributed by atoms with van der Waals surface area (Å²) in [6.07, 6.45) is -3.65. The largest absolute Gasteiger partial charge is 0.442 e. The SMILES string of the molecule is Cn1ncc2ccc(-c3ccc(C4=NNC(=O)OC4)cc3C(F)(F)F)cc21. The molecular weight excluding hydrogens is 361 g/mol. The number of alkyl halides is 3. The van der Waals surface area contributed by atoms with Crippen molar-refractivity contribution < 1.29 is 22.7 Å². The number of hydrogen-bond donors (Lipinski definition) is 1. The molecule has 0 fully saturated rings. The second-order valence-electron chi connectivity index (χ2n) is 6.05. The van der Waals surface area contributed by atoms with E-state index < -0.39 is 17.8 Å². The van der Waals surface area contributed by atoms with Crippen LogP contribution in [0.1, 0.15) is 11.1 Å². The first-order chi connectivity index (χ1) is 12.8. The molecule has 0 unspecified atom stereocenters. The fourth-order valence-corrected chi connectivity index (χ4v) is 2.98. The minimum atomic E-state index is -4.56. The Morgan fingerprint density at radius 1 is 1.15 bits per heavy atom. The van der Waals surface area contributed by atoms with E-state index in [0.717, 1.165) is 17.0 Å². The van der Waals surface area contributed by atoms with Crippen molar-refractivity contribution in [3.8, 4) is 11.1 Å². The number of halogens is 3. The summed E-state index contributed by atoms with van der Waals surface area (Å²) in [5.41, 5.74) is 2.97. The highest BCUT2D eigenvalue weighted by Gasteiger charge is 2.34. The van der Waals surface area contributed by atoms with E-state index in [1.165, 1.54) is 12.1 Å². The highest BCUT2D eigenvalue weighted by molar-refractivity contribution is 6.04. The lowest BCUT2D eigenvalue weighted by atomic mass is 9.95. The number of carbonyl (C=O) groups excluding carboxylic acids is 1. The van der Waals surface area contributed by atoms with Gasteiger partial charge in [0.15, 0.2) is 0 Å². The minimum Gasteiger partial charge on any atom is -0.442 e. The zero-order valence-electron chi connectivity index (χ0n) is 14.0. The number of aromatic nitrogens is 2. The number of fused-ring (bicyclic) bond motifs is 1. The Morgan fingerprint density at radius 3 is 2.63 bits per heavy atom. The van der Waals surface area contributed by atoms with Gasteiger partial charge in [0.25, 0.3) is 0 Å². The molecule has 1 aliphatic heterocycles. The van der Waals surface area contributed by atoms with Gasteiger partial charge in [-0.05, 0) is 23.3 Å². The molecule has 9 heteroatoms. The third-order valence-electron chi connectivity index (χ3n) is 4.34. The van der Waals surface area contributed by atoms with Crippen LogP contribution in [0.2, 0.25) is 0 Å². The molecule has 6 nitrogen and oxygen atoms in total. The third kappa shape index (κ3) is 3.12. The van der Waals surface area contributed by atoms with Crippen LogP contribution in [-0.2, 0) is 18.0 Å². The van der Waals surface area contributed by atoms with E-state index in [2.05, 4.69) is 15.6 Å². The Bertz CT molecular complexity index is 1090. The summed E-state index contributed by atoms with van der Waals surface area (Å²) in [6, 6.07) is 8.98. The number of benzene rings is 2. The molecule has 4 rings (SSSR count). The molecule has 0 bridgehead atoms. The third-order valence-corrected chi connectivity index (χ3v) is 4.34. The maximum Gasteiger partial charge on any atom is 0.428 e. The van der Waals surface area contributed by atoms with Gasteiger partial charge in [-0.1, -0.05) is 24.3 Å². The Labute approximate surface area is 151 Å². The molecule has 0 saturated carbocycles. The average molecular weight is 374 g/mol. The van der Waals surface area contributed by atoms with Crippen LogP contribution in [0.5, 0.6) is 0 Å². The fraction of sp³-hybridized carbons (Fsp3) is 0.167. The normalized spacial score (nSPS) is 14.7. The number of cyclic esters (lactones) is 1. The van der Waals surface area contributed by atoms with Crippen LogP contribution in [0, 0.1) is 0 Å². The topological polar surface area (TPSA) is 68.5 Å². The van der Waals surface area contributed by atoms with Crippen LogP contribution >= 0.6 is 0 Å². The Morgan fingerprint density at radius 2 is 1.93 bits per heavy atom. The monoisotopic (exact) mass is 374 g/mol. The van der Waals surface area contributed by atoms with E-state index in [0.29, 0.717) is 5.56 Å². The zero-order valence-corrected chi connectivity index (χ0v) is 14.0. The fourth-order valence-electron chi connectivity index (χ4n) is 2.98. The van der Waals surface area contributed by atoms with Gasteiger partial charge in [0.2, 0.25) is 0 Å². The highest BCUT2D eigenvalue weighted by Crippen LogP contribution is 2.38. The first-order valence-corrected chi connectivity index (χ1v) is 7.96. The smallest absolute Gasteiger partial charge is 0.428 e. The van der Waals surface area contributed by atoms with Gasteiger partial charge in [-0.2, -0.15) is 23.4 Å². The summed E-state index contributed by atoms with van der Waals surface area (Å²) in [4.78, 5) is 11.0. The standard InChI is InChI=1S/C18H13F3N4O2/c1-25-16-7-10(2-3-12(16)8-22-25)13-5-4-11(6-14(13)18(19,20)21)15-9-27-17(26)24-23-15/h2-8H,9H2,1H3,(H,24,26). The Balaban J connectivity index is 1.84. The molecular formula is C18H13F3N4O2. The van der Waals surface area contributed by atoms with Crippen molar-refractivity contribution in [2.24, 2.45) is 12.1 Å². The van der Waals surface area contributed by atoms with Gasteiger partial charge in [-0.25, -0.2) is 10.2 Å². The van der Waals surface area contributed by atoms with Crippen molar-refractivity contribution in [1.29, 1.82) is 0 Å². The number of carbonyl (C=O) groups is 1. The molecule has 27 heavy (non-hydrogen) atoms. The number of rotatable bonds is 2. The molecule has 0 aliphatic carbocycles. The first-order valence-electron chi connectivity index (χ1n) is 7.96. The van der Waals surface area contributed by atoms with E-state index >= 15 is 0 Å². The molecule has 138 valence electrons. The summed E-state index contributed by atoms with van der Waals surface area (Å²) in [6.45, 7) is -0.191. The van der Waals surface area contributed by atoms with E-state index in [9.17, 15) is 18.0 Å². The van der Waals surface area contributed by atoms with E-state index in [1.54, 1.807) is 36.1 Å². The predicted molar refractivity (Wildman–Crippen MR) is 92.2 cm³/mol. The highest BCUT2D eigenvalue weighted by atomic mass is 19.4. The molecule has 1 aliphatic rings. The van der Waals surface area contributed by atoms with Crippen LogP contribution in [0.3, 0.4) is 0 Å². The number of nitrogens with zero attached hydrogens (tertiary/aromatic N) is 3. The minimum absolute atomic E-state index is 0.0516. The maximum atomic E-state index is 13.7. The lowest BCUT2D eigenvalue weighted by molar-refractivity contribution is -0.137. The summed E-state index contributed by atoms with van der Waals surface area (Å²) in [5, 5.41) is 8.72. The van der Waals surface area contributed by atoms with Crippen molar-refractivity contribution >= 4 is 22.7 Å². The van der Waals surface area contributed by atoms with E-state index in [4.69, 9.17) is 4.74 Å². The molecule has 0 saturated heterocycles.